The number of nitrogens with zero attached hydrogens (tertiary/aromatic N) is 1. The van der Waals surface area contributed by atoms with Gasteiger partial charge in [0.1, 0.15) is 24.7 Å². The number of carbonyl (C=O) groups is 2. The fourth-order valence-electron chi connectivity index (χ4n) is 4.94. The molecule has 0 aliphatic rings. The molecule has 0 spiro atoms. The van der Waals surface area contributed by atoms with Gasteiger partial charge in [0.25, 0.3) is 5.91 Å². The summed E-state index contributed by atoms with van der Waals surface area (Å²) in [5, 5.41) is 2.42. The van der Waals surface area contributed by atoms with Crippen molar-refractivity contribution in [3.05, 3.63) is 138 Å². The van der Waals surface area contributed by atoms with Gasteiger partial charge < -0.3 is 20.1 Å². The first-order valence-corrected chi connectivity index (χ1v) is 14.8. The lowest BCUT2D eigenvalue weighted by Crippen LogP contribution is -2.38. The second-order valence-corrected chi connectivity index (χ2v) is 11.2. The van der Waals surface area contributed by atoms with Crippen LogP contribution in [0.5, 0.6) is 11.5 Å². The number of fused-ring (bicyclic) bond motifs is 3. The van der Waals surface area contributed by atoms with Crippen molar-refractivity contribution < 1.29 is 19.1 Å². The Bertz CT molecular complexity index is 1890. The first-order valence-electron chi connectivity index (χ1n) is 14.0. The number of nitrogen functional groups attached to an aromatic ring is 1. The van der Waals surface area contributed by atoms with E-state index in [2.05, 4.69) is 18.2 Å². The van der Waals surface area contributed by atoms with Crippen molar-refractivity contribution in [3.8, 4) is 11.5 Å². The van der Waals surface area contributed by atoms with Crippen molar-refractivity contribution in [2.75, 3.05) is 25.4 Å². The zero-order chi connectivity index (χ0) is 29.6. The maximum absolute atomic E-state index is 13.4. The van der Waals surface area contributed by atoms with E-state index >= 15 is 0 Å². The lowest BCUT2D eigenvalue weighted by atomic mass is 10.1. The fraction of sp³-hybridized carbons (Fsp3) is 0.111. The Labute approximate surface area is 253 Å². The summed E-state index contributed by atoms with van der Waals surface area (Å²) >= 11 is 1.72. The quantitative estimate of drug-likeness (QED) is 0.125. The maximum atomic E-state index is 13.4. The zero-order valence-corrected chi connectivity index (χ0v) is 24.3. The van der Waals surface area contributed by atoms with Crippen LogP contribution in [0.3, 0.4) is 0 Å². The molecule has 0 bridgehead atoms. The third-order valence-electron chi connectivity index (χ3n) is 7.19. The van der Waals surface area contributed by atoms with Crippen LogP contribution in [-0.2, 0) is 6.61 Å². The summed E-state index contributed by atoms with van der Waals surface area (Å²) < 4.78 is 14.3. The van der Waals surface area contributed by atoms with Gasteiger partial charge in [-0.1, -0.05) is 66.7 Å². The largest absolute Gasteiger partial charge is 0.492 e. The smallest absolute Gasteiger partial charge is 0.254 e. The van der Waals surface area contributed by atoms with Crippen LogP contribution in [0.1, 0.15) is 26.3 Å². The summed E-state index contributed by atoms with van der Waals surface area (Å²) in [5.74, 6) is 0.753. The highest BCUT2D eigenvalue weighted by Gasteiger charge is 2.21. The SMILES string of the molecule is Nc1cc(C(=O)CN(CCOc2ccc3c(c2)sc2ccccc23)C(=O)c2ccccc2)ccc1OCc1ccccc1. The monoisotopic (exact) mass is 586 g/mol. The standard InChI is InChI=1S/C36H30N2O4S/c37-31-21-27(15-18-33(31)42-24-25-9-3-1-4-10-25)32(39)23-38(36(40)26-11-5-2-6-12-26)19-20-41-28-16-17-30-29-13-7-8-14-34(29)43-35(30)22-28/h1-18,21-22H,19-20,23-24,37H2. The number of benzene rings is 5. The number of ketones is 1. The predicted octanol–water partition coefficient (Wildman–Crippen LogP) is 7.62. The molecule has 1 aromatic heterocycles. The highest BCUT2D eigenvalue weighted by molar-refractivity contribution is 7.25. The van der Waals surface area contributed by atoms with Crippen LogP contribution in [0.15, 0.2) is 121 Å². The summed E-state index contributed by atoms with van der Waals surface area (Å²) in [4.78, 5) is 28.3. The van der Waals surface area contributed by atoms with Gasteiger partial charge in [-0.15, -0.1) is 11.3 Å². The summed E-state index contributed by atoms with van der Waals surface area (Å²) in [6, 6.07) is 38.1. The summed E-state index contributed by atoms with van der Waals surface area (Å²) in [7, 11) is 0. The Hall–Kier alpha value is -5.14. The average molecular weight is 587 g/mol. The maximum Gasteiger partial charge on any atom is 0.254 e. The van der Waals surface area contributed by atoms with Gasteiger partial charge in [-0.05, 0) is 60.2 Å². The minimum atomic E-state index is -0.242. The first-order chi connectivity index (χ1) is 21.0. The summed E-state index contributed by atoms with van der Waals surface area (Å²) in [6.07, 6.45) is 0. The first kappa shape index (κ1) is 28.0. The molecule has 6 rings (SSSR count). The van der Waals surface area contributed by atoms with E-state index in [-0.39, 0.29) is 31.4 Å². The third kappa shape index (κ3) is 6.52. The van der Waals surface area contributed by atoms with Gasteiger partial charge in [0.2, 0.25) is 0 Å². The number of nitrogens with two attached hydrogens (primary N) is 1. The molecule has 0 unspecified atom stereocenters. The molecule has 214 valence electrons. The summed E-state index contributed by atoms with van der Waals surface area (Å²) in [6.45, 7) is 0.720. The zero-order valence-electron chi connectivity index (χ0n) is 23.4. The lowest BCUT2D eigenvalue weighted by molar-refractivity contribution is 0.0686. The lowest BCUT2D eigenvalue weighted by Gasteiger charge is -2.22. The molecule has 0 aliphatic heterocycles. The Balaban J connectivity index is 1.14. The number of carbonyl (C=O) groups excluding carboxylic acids is 2. The van der Waals surface area contributed by atoms with E-state index in [0.29, 0.717) is 29.2 Å². The van der Waals surface area contributed by atoms with E-state index in [0.717, 1.165) is 16.0 Å². The third-order valence-corrected chi connectivity index (χ3v) is 8.33. The number of amides is 1. The van der Waals surface area contributed by atoms with Crippen LogP contribution < -0.4 is 15.2 Å². The van der Waals surface area contributed by atoms with Crippen molar-refractivity contribution in [1.82, 2.24) is 4.90 Å². The Morgan fingerprint density at radius 2 is 1.42 bits per heavy atom. The van der Waals surface area contributed by atoms with E-state index in [1.807, 2.05) is 60.7 Å². The van der Waals surface area contributed by atoms with Gasteiger partial charge in [-0.3, -0.25) is 9.59 Å². The average Bonchev–Trinajstić information content (AvgIpc) is 3.42. The van der Waals surface area contributed by atoms with Crippen molar-refractivity contribution in [1.29, 1.82) is 0 Å². The molecule has 1 amide bonds. The molecule has 6 nitrogen and oxygen atoms in total. The topological polar surface area (TPSA) is 81.9 Å². The van der Waals surface area contributed by atoms with Crippen LogP contribution >= 0.6 is 11.3 Å². The molecular formula is C36H30N2O4S. The predicted molar refractivity (Wildman–Crippen MR) is 173 cm³/mol. The van der Waals surface area contributed by atoms with Crippen LogP contribution in [0, 0.1) is 0 Å². The molecule has 43 heavy (non-hydrogen) atoms. The van der Waals surface area contributed by atoms with Crippen molar-refractivity contribution in [2.45, 2.75) is 6.61 Å². The molecule has 6 aromatic rings. The normalized spacial score (nSPS) is 11.0. The van der Waals surface area contributed by atoms with Crippen LogP contribution in [0.4, 0.5) is 5.69 Å². The molecule has 0 radical (unpaired) electrons. The van der Waals surface area contributed by atoms with E-state index in [1.54, 1.807) is 53.8 Å². The molecule has 0 atom stereocenters. The number of anilines is 1. The number of rotatable bonds is 11. The van der Waals surface area contributed by atoms with Gasteiger partial charge in [0.15, 0.2) is 5.78 Å². The Kier molecular flexibility index (Phi) is 8.33. The van der Waals surface area contributed by atoms with Gasteiger partial charge >= 0.3 is 0 Å². The highest BCUT2D eigenvalue weighted by atomic mass is 32.1. The highest BCUT2D eigenvalue weighted by Crippen LogP contribution is 2.35. The van der Waals surface area contributed by atoms with Crippen molar-refractivity contribution >= 4 is 48.9 Å². The number of Topliss-reactive ketones (excluding diaryl/α,β-unsaturated/α-hetero) is 1. The molecule has 7 heteroatoms. The van der Waals surface area contributed by atoms with E-state index in [1.165, 1.54) is 20.4 Å². The van der Waals surface area contributed by atoms with Crippen molar-refractivity contribution in [2.24, 2.45) is 0 Å². The van der Waals surface area contributed by atoms with E-state index < -0.39 is 0 Å². The molecule has 0 saturated heterocycles. The second kappa shape index (κ2) is 12.8. The minimum Gasteiger partial charge on any atom is -0.492 e. The number of hydrogen-bond donors (Lipinski definition) is 1. The molecule has 0 saturated carbocycles. The molecule has 5 aromatic carbocycles. The Morgan fingerprint density at radius 1 is 0.698 bits per heavy atom. The van der Waals surface area contributed by atoms with Gasteiger partial charge in [0.05, 0.1) is 18.8 Å². The Morgan fingerprint density at radius 3 is 2.21 bits per heavy atom. The molecule has 0 fully saturated rings. The summed E-state index contributed by atoms with van der Waals surface area (Å²) in [5.41, 5.74) is 8.53. The molecular weight excluding hydrogens is 556 g/mol. The minimum absolute atomic E-state index is 0.115. The molecule has 1 heterocycles. The second-order valence-electron chi connectivity index (χ2n) is 10.1. The molecule has 2 N–H and O–H groups in total. The van der Waals surface area contributed by atoms with Gasteiger partial charge in [-0.2, -0.15) is 0 Å². The van der Waals surface area contributed by atoms with Crippen LogP contribution in [0.25, 0.3) is 20.2 Å². The fourth-order valence-corrected chi connectivity index (χ4v) is 6.07. The van der Waals surface area contributed by atoms with E-state index in [9.17, 15) is 9.59 Å². The van der Waals surface area contributed by atoms with Crippen LogP contribution in [-0.4, -0.2) is 36.3 Å². The van der Waals surface area contributed by atoms with Crippen molar-refractivity contribution in [3.63, 3.8) is 0 Å². The number of ether oxygens (including phenoxy) is 2. The van der Waals surface area contributed by atoms with Gasteiger partial charge in [-0.25, -0.2) is 0 Å². The number of thiophene rings is 1. The van der Waals surface area contributed by atoms with Crippen LogP contribution in [0.2, 0.25) is 0 Å². The van der Waals surface area contributed by atoms with E-state index in [4.69, 9.17) is 15.2 Å². The molecule has 0 aliphatic carbocycles. The van der Waals surface area contributed by atoms with Gasteiger partial charge in [0, 0.05) is 31.3 Å². The number of hydrogen-bond acceptors (Lipinski definition) is 6.